The Bertz CT molecular complexity index is 28.6. The smallest absolute Gasteiger partial charge is 0.231 e. The van der Waals surface area contributed by atoms with E-state index in [0.29, 0.717) is 0 Å². The van der Waals surface area contributed by atoms with Crippen LogP contribution in [0.3, 0.4) is 0 Å². The zero-order chi connectivity index (χ0) is 4.71. The monoisotopic (exact) mass is 75.0 g/mol. The van der Waals surface area contributed by atoms with Gasteiger partial charge in [-0.15, -0.1) is 0 Å². The van der Waals surface area contributed by atoms with Crippen molar-refractivity contribution in [3.63, 3.8) is 0 Å². The van der Waals surface area contributed by atoms with Gasteiger partial charge in [-0.05, 0) is 0 Å². The average Bonchev–Trinajstić information content (AvgIpc) is 1.46. The van der Waals surface area contributed by atoms with E-state index in [1.807, 2.05) is 0 Å². The predicted molar refractivity (Wildman–Crippen MR) is 16.6 cm³/mol. The van der Waals surface area contributed by atoms with Crippen molar-refractivity contribution in [3.8, 4) is 0 Å². The summed E-state index contributed by atoms with van der Waals surface area (Å²) in [6, 6.07) is 0. The Morgan fingerprint density at radius 3 is 1.80 bits per heavy atom. The van der Waals surface area contributed by atoms with Crippen LogP contribution in [0.25, 0.3) is 0 Å². The Balaban J connectivity index is 0. The first-order valence-electron chi connectivity index (χ1n) is 0.901. The van der Waals surface area contributed by atoms with Crippen molar-refractivity contribution in [2.45, 2.75) is 0 Å². The average molecular weight is 75.1 g/mol. The summed E-state index contributed by atoms with van der Waals surface area (Å²) in [5, 5.41) is 12.4. The summed E-state index contributed by atoms with van der Waals surface area (Å²) in [5.41, 5.74) is 0. The summed E-state index contributed by atoms with van der Waals surface area (Å²) in [7, 11) is 1.00. The molecule has 0 saturated heterocycles. The van der Waals surface area contributed by atoms with Crippen LogP contribution < -0.4 is 0 Å². The number of aliphatic hydroxyl groups excluding tert-OH is 1. The quantitative estimate of drug-likeness (QED) is 0.301. The van der Waals surface area contributed by atoms with Gasteiger partial charge in [0.05, 0.1) is 0 Å². The lowest BCUT2D eigenvalue weighted by molar-refractivity contribution is 0.399. The number of isocyanates is 1. The molecule has 0 saturated carbocycles. The van der Waals surface area contributed by atoms with Crippen molar-refractivity contribution in [2.24, 2.45) is 0 Å². The lowest BCUT2D eigenvalue weighted by Crippen LogP contribution is -1.25. The van der Waals surface area contributed by atoms with Crippen LogP contribution in [0.2, 0.25) is 0 Å². The highest BCUT2D eigenvalue weighted by molar-refractivity contribution is 5.26. The Labute approximate surface area is 29.8 Å². The molecule has 0 aliphatic heterocycles. The van der Waals surface area contributed by atoms with E-state index in [1.165, 1.54) is 0 Å². The third-order valence-electron chi connectivity index (χ3n) is 0. The van der Waals surface area contributed by atoms with Crippen LogP contribution in [0.4, 0.5) is 0 Å². The van der Waals surface area contributed by atoms with Crippen LogP contribution in [-0.4, -0.2) is 18.3 Å². The minimum atomic E-state index is 0.750. The Hall–Kier alpha value is -0.660. The SMILES string of the molecule is CO.N=C=O. The van der Waals surface area contributed by atoms with Crippen molar-refractivity contribution in [3.05, 3.63) is 0 Å². The number of nitrogens with one attached hydrogen (secondary N) is 1. The van der Waals surface area contributed by atoms with E-state index in [-0.39, 0.29) is 0 Å². The first kappa shape index (κ1) is 8.84. The second kappa shape index (κ2) is 158. The van der Waals surface area contributed by atoms with Crippen LogP contribution in [0.5, 0.6) is 0 Å². The van der Waals surface area contributed by atoms with Crippen molar-refractivity contribution < 1.29 is 9.90 Å². The number of rotatable bonds is 0. The Morgan fingerprint density at radius 1 is 1.80 bits per heavy atom. The van der Waals surface area contributed by atoms with Crippen molar-refractivity contribution in [2.75, 3.05) is 7.11 Å². The van der Waals surface area contributed by atoms with Crippen LogP contribution in [0.15, 0.2) is 0 Å². The van der Waals surface area contributed by atoms with E-state index >= 15 is 0 Å². The van der Waals surface area contributed by atoms with Crippen molar-refractivity contribution in [1.29, 1.82) is 5.41 Å². The lowest BCUT2D eigenvalue weighted by Gasteiger charge is -1.21. The molecule has 0 aliphatic carbocycles. The van der Waals surface area contributed by atoms with Crippen LogP contribution in [-0.2, 0) is 4.79 Å². The third kappa shape index (κ3) is 13.8. The fourth-order valence-electron chi connectivity index (χ4n) is 0. The zero-order valence-electron chi connectivity index (χ0n) is 2.86. The minimum Gasteiger partial charge on any atom is -0.400 e. The summed E-state index contributed by atoms with van der Waals surface area (Å²) >= 11 is 0. The van der Waals surface area contributed by atoms with Gasteiger partial charge in [-0.25, -0.2) is 10.2 Å². The van der Waals surface area contributed by atoms with Crippen LogP contribution in [0, 0.1) is 5.41 Å². The molecule has 0 rings (SSSR count). The Kier molecular flexibility index (Phi) is 280. The largest absolute Gasteiger partial charge is 0.400 e. The molecule has 0 fully saturated rings. The maximum atomic E-state index is 8.35. The van der Waals surface area contributed by atoms with E-state index in [4.69, 9.17) is 15.3 Å². The molecular weight excluding hydrogens is 70.0 g/mol. The van der Waals surface area contributed by atoms with E-state index < -0.39 is 0 Å². The van der Waals surface area contributed by atoms with Gasteiger partial charge < -0.3 is 5.11 Å². The molecule has 3 nitrogen and oxygen atoms in total. The van der Waals surface area contributed by atoms with Gasteiger partial charge in [0.25, 0.3) is 0 Å². The highest BCUT2D eigenvalue weighted by atomic mass is 16.2. The fraction of sp³-hybridized carbons (Fsp3) is 0.500. The van der Waals surface area contributed by atoms with E-state index in [9.17, 15) is 0 Å². The molecule has 0 spiro atoms. The third-order valence-corrected chi connectivity index (χ3v) is 0. The first-order valence-corrected chi connectivity index (χ1v) is 0.901. The van der Waals surface area contributed by atoms with Gasteiger partial charge in [-0.3, -0.25) is 0 Å². The maximum Gasteiger partial charge on any atom is 0.231 e. The normalized spacial score (nSPS) is 2.80. The minimum absolute atomic E-state index is 0.750. The summed E-state index contributed by atoms with van der Waals surface area (Å²) in [4.78, 5) is 8.35. The van der Waals surface area contributed by atoms with E-state index in [1.54, 1.807) is 0 Å². The number of hydrogen-bond donors (Lipinski definition) is 2. The summed E-state index contributed by atoms with van der Waals surface area (Å²) < 4.78 is 0. The Morgan fingerprint density at radius 2 is 1.80 bits per heavy atom. The summed E-state index contributed by atoms with van der Waals surface area (Å²) in [5.74, 6) is 0. The molecule has 0 aromatic heterocycles. The molecule has 0 unspecified atom stereocenters. The van der Waals surface area contributed by atoms with Gasteiger partial charge >= 0.3 is 0 Å². The van der Waals surface area contributed by atoms with Gasteiger partial charge in [0.1, 0.15) is 0 Å². The standard InChI is InChI=1S/CHNO.CH4O/c2-1-3;1-2/h2H;2H,1H3. The van der Waals surface area contributed by atoms with Gasteiger partial charge in [0.15, 0.2) is 0 Å². The number of hydrogen-bond acceptors (Lipinski definition) is 3. The fourth-order valence-corrected chi connectivity index (χ4v) is 0. The molecule has 3 heteroatoms. The molecule has 0 aromatic carbocycles. The summed E-state index contributed by atoms with van der Waals surface area (Å²) in [6.07, 6.45) is 0.750. The van der Waals surface area contributed by atoms with Crippen molar-refractivity contribution in [1.82, 2.24) is 0 Å². The predicted octanol–water partition coefficient (Wildman–Crippen LogP) is -0.491. The first-order chi connectivity index (χ1) is 2.41. The molecule has 2 N–H and O–H groups in total. The molecule has 0 bridgehead atoms. The van der Waals surface area contributed by atoms with Gasteiger partial charge in [-0.1, -0.05) is 0 Å². The summed E-state index contributed by atoms with van der Waals surface area (Å²) in [6.45, 7) is 0. The van der Waals surface area contributed by atoms with E-state index in [0.717, 1.165) is 13.2 Å². The number of aliphatic hydroxyl groups is 1. The molecule has 30 valence electrons. The molecule has 0 atom stereocenters. The molecular formula is C2H5NO2. The molecule has 5 heavy (non-hydrogen) atoms. The molecule has 0 amide bonds. The second-order valence-electron chi connectivity index (χ2n) is 0.102. The number of carbonyl (C=O) groups excluding carboxylic acids is 1. The zero-order valence-corrected chi connectivity index (χ0v) is 2.86. The molecule has 0 aliphatic rings. The maximum absolute atomic E-state index is 8.35. The van der Waals surface area contributed by atoms with Gasteiger partial charge in [-0.2, -0.15) is 0 Å². The topological polar surface area (TPSA) is 61.1 Å². The molecule has 0 radical (unpaired) electrons. The second-order valence-corrected chi connectivity index (χ2v) is 0.102. The lowest BCUT2D eigenvalue weighted by atomic mass is 11.7. The molecule has 0 aromatic rings. The van der Waals surface area contributed by atoms with Crippen molar-refractivity contribution >= 4 is 6.08 Å². The van der Waals surface area contributed by atoms with Gasteiger partial charge in [0, 0.05) is 7.11 Å². The van der Waals surface area contributed by atoms with Gasteiger partial charge in [0.2, 0.25) is 6.08 Å². The van der Waals surface area contributed by atoms with E-state index in [2.05, 4.69) is 0 Å². The van der Waals surface area contributed by atoms with Crippen LogP contribution in [0.1, 0.15) is 0 Å². The highest BCUT2D eigenvalue weighted by Gasteiger charge is 1.03. The van der Waals surface area contributed by atoms with Crippen LogP contribution >= 0.6 is 0 Å². The molecule has 0 heterocycles. The highest BCUT2D eigenvalue weighted by Crippen LogP contribution is 0.868.